The monoisotopic (exact) mass is 1420 g/mol. The van der Waals surface area contributed by atoms with Crippen LogP contribution in [0.2, 0.25) is 0 Å². The fraction of sp³-hybridized carbons (Fsp3) is 0.467. The first-order valence-corrected chi connectivity index (χ1v) is 33.8. The highest BCUT2D eigenvalue weighted by Gasteiger charge is 2.43. The van der Waals surface area contributed by atoms with Gasteiger partial charge in [0.2, 0.25) is 0 Å². The Labute approximate surface area is 603 Å². The predicted molar refractivity (Wildman–Crippen MR) is 381 cm³/mol. The van der Waals surface area contributed by atoms with Gasteiger partial charge in [0.1, 0.15) is 101 Å². The summed E-state index contributed by atoms with van der Waals surface area (Å²) in [4.78, 5) is 15.8. The number of carbonyl (C=O) groups excluding carboxylic acids is 1. The van der Waals surface area contributed by atoms with Gasteiger partial charge < -0.3 is 63.9 Å². The average Bonchev–Trinajstić information content (AvgIpc) is 1.64. The number of alkyl carbamates (subject to hydrolysis) is 1. The molecule has 3 aromatic rings. The molecule has 0 fully saturated rings. The van der Waals surface area contributed by atoms with Gasteiger partial charge in [-0.15, -0.1) is 23.2 Å². The fourth-order valence-electron chi connectivity index (χ4n) is 10.4. The molecule has 23 nitrogen and oxygen atoms in total. The molecule has 3 aliphatic heterocycles. The van der Waals surface area contributed by atoms with Crippen molar-refractivity contribution in [2.24, 2.45) is 5.73 Å². The number of nitrogens with two attached hydrogens (primary N) is 1. The van der Waals surface area contributed by atoms with Crippen LogP contribution in [0.1, 0.15) is 110 Å². The lowest BCUT2D eigenvalue weighted by atomic mass is 9.89. The topological polar surface area (TPSA) is 370 Å². The number of unbranched alkanes of at least 4 members (excludes halogenated alkanes) is 6. The molecule has 1 amide bonds. The number of hydrogen-bond donors (Lipinski definition) is 3. The predicted octanol–water partition coefficient (Wildman–Crippen LogP) is 12.6. The number of rotatable bonds is 33. The molecule has 0 unspecified atom stereocenters. The Hall–Kier alpha value is -9.95. The molecule has 534 valence electrons. The minimum Gasteiger partial charge on any atom is -0.480 e. The number of allylic oxidation sites excluding steroid dienone is 6. The van der Waals surface area contributed by atoms with Crippen LogP contribution >= 0.6 is 23.2 Å². The Balaban J connectivity index is 0.000000378. The molecule has 0 atom stereocenters. The zero-order valence-corrected chi connectivity index (χ0v) is 60.2. The zero-order valence-electron chi connectivity index (χ0n) is 58.7. The van der Waals surface area contributed by atoms with Gasteiger partial charge in [0, 0.05) is 86.8 Å². The molecule has 0 spiro atoms. The van der Waals surface area contributed by atoms with Crippen molar-refractivity contribution in [3.8, 4) is 54.6 Å². The van der Waals surface area contributed by atoms with Crippen molar-refractivity contribution in [3.05, 3.63) is 146 Å². The molecule has 0 saturated carbocycles. The number of alkyl halides is 2. The van der Waals surface area contributed by atoms with Crippen LogP contribution in [0, 0.1) is 108 Å². The van der Waals surface area contributed by atoms with E-state index in [9.17, 15) is 35.5 Å². The van der Waals surface area contributed by atoms with Crippen LogP contribution in [0.3, 0.4) is 0 Å². The number of carbonyl (C=O) groups is 1. The standard InChI is InChI=1S/C30H38ClN5O5.C19H18N4O2.C16H10FN3O.C10H22ClNO2/c1-30(2)27(26(22-34)28(41-30)24(20-32)21-33)23-8-10-25(11-9-23)36(3)14-17-40-29(37)35-13-16-39-19-18-38-15-7-5-4-6-12-31;1-19(2)17(16(12-22)18(25-19)14(10-20)11-21)13-4-6-15(7-5-13)23(3)8-9-24;1-16(2)14(10-3-5-12(17)6-4-10)13(9-20)15(21-16)11(7-18)8-19;11-5-3-1-2-4-7-13-9-10-14-8-6-12/h8-11H,4-7,12-19H2,1-3H3,(H,35,37);4-7,24H,8-9H2,1-3H3;3-6H,1-2H3;1-10,12H2. The Morgan fingerprint density at radius 1 is 0.485 bits per heavy atom. The van der Waals surface area contributed by atoms with Crippen LogP contribution in [0.15, 0.2) is 124 Å². The van der Waals surface area contributed by atoms with Gasteiger partial charge in [-0.2, -0.15) is 47.4 Å². The lowest BCUT2D eigenvalue weighted by Gasteiger charge is -2.24. The minimum atomic E-state index is -0.892. The van der Waals surface area contributed by atoms with E-state index in [2.05, 4.69) is 17.5 Å². The van der Waals surface area contributed by atoms with Gasteiger partial charge >= 0.3 is 6.09 Å². The normalized spacial score (nSPS) is 14.0. The Morgan fingerprint density at radius 2 is 0.812 bits per heavy atom. The van der Waals surface area contributed by atoms with Gasteiger partial charge in [-0.25, -0.2) is 9.18 Å². The SMILES string of the molecule is CC1(C)OC(=C(C#N)C#N)C(C#N)=C1c1ccc(F)cc1.CN(CCO)c1ccc(C2=C(C#N)C(=C(C#N)C#N)OC2(C)C)cc1.CN(CCOC(=O)NCCOCCOCCCCCCCl)c1ccc(C2=C(C#N)C(=C(C#N)C#N)OC2(C)C)cc1.NCCOCCOCCCCCCCl. The second kappa shape index (κ2) is 45.7. The van der Waals surface area contributed by atoms with E-state index in [0.717, 1.165) is 73.5 Å². The molecule has 26 heteroatoms. The highest BCUT2D eigenvalue weighted by molar-refractivity contribution is 6.18. The third-order valence-corrected chi connectivity index (χ3v) is 15.8. The van der Waals surface area contributed by atoms with Crippen LogP contribution in [0.25, 0.3) is 16.7 Å². The number of anilines is 2. The molecule has 3 heterocycles. The summed E-state index contributed by atoms with van der Waals surface area (Å²) in [7, 11) is 3.75. The van der Waals surface area contributed by atoms with E-state index in [1.807, 2.05) is 78.5 Å². The number of nitrogens with one attached hydrogen (secondary N) is 1. The molecule has 101 heavy (non-hydrogen) atoms. The summed E-state index contributed by atoms with van der Waals surface area (Å²) >= 11 is 11.2. The van der Waals surface area contributed by atoms with Gasteiger partial charge in [-0.05, 0) is 120 Å². The first-order chi connectivity index (χ1) is 48.5. The number of aliphatic hydroxyl groups excluding tert-OH is 1. The highest BCUT2D eigenvalue weighted by Crippen LogP contribution is 2.48. The summed E-state index contributed by atoms with van der Waals surface area (Å²) in [5.41, 5.74) is 8.20. The van der Waals surface area contributed by atoms with E-state index in [1.54, 1.807) is 78.0 Å². The van der Waals surface area contributed by atoms with E-state index >= 15 is 0 Å². The minimum absolute atomic E-state index is 0.00910. The van der Waals surface area contributed by atoms with Crippen molar-refractivity contribution in [1.82, 2.24) is 5.32 Å². The van der Waals surface area contributed by atoms with Crippen LogP contribution in [-0.4, -0.2) is 146 Å². The number of nitriles is 9. The number of benzene rings is 3. The Bertz CT molecular complexity index is 3760. The van der Waals surface area contributed by atoms with E-state index in [1.165, 1.54) is 37.1 Å². The van der Waals surface area contributed by atoms with Crippen LogP contribution in [0.4, 0.5) is 20.6 Å². The molecule has 0 aliphatic carbocycles. The van der Waals surface area contributed by atoms with Crippen LogP contribution < -0.4 is 20.9 Å². The van der Waals surface area contributed by atoms with Crippen molar-refractivity contribution in [3.63, 3.8) is 0 Å². The summed E-state index contributed by atoms with van der Waals surface area (Å²) in [6.07, 6.45) is 8.44. The second-order valence-corrected chi connectivity index (χ2v) is 24.6. The molecule has 3 aromatic carbocycles. The van der Waals surface area contributed by atoms with Crippen molar-refractivity contribution in [2.75, 3.05) is 128 Å². The summed E-state index contributed by atoms with van der Waals surface area (Å²) in [6.45, 7) is 17.6. The fourth-order valence-corrected chi connectivity index (χ4v) is 10.8. The molecule has 0 saturated heterocycles. The Morgan fingerprint density at radius 3 is 1.14 bits per heavy atom. The molecule has 6 rings (SSSR count). The van der Waals surface area contributed by atoms with Crippen LogP contribution in [0.5, 0.6) is 0 Å². The summed E-state index contributed by atoms with van der Waals surface area (Å²) in [6, 6.07) is 37.4. The first kappa shape index (κ1) is 85.3. The third kappa shape index (κ3) is 26.9. The van der Waals surface area contributed by atoms with E-state index in [0.29, 0.717) is 101 Å². The lowest BCUT2D eigenvalue weighted by Crippen LogP contribution is -2.31. The average molecular weight is 1420 g/mol. The lowest BCUT2D eigenvalue weighted by molar-refractivity contribution is 0.0469. The molecule has 4 N–H and O–H groups in total. The molecular weight excluding hydrogens is 1330 g/mol. The number of likely N-dealkylation sites (N-methyl/N-ethyl adjacent to an activating group) is 2. The second-order valence-electron chi connectivity index (χ2n) is 23.9. The van der Waals surface area contributed by atoms with Gasteiger partial charge in [0.15, 0.2) is 34.0 Å². The van der Waals surface area contributed by atoms with Gasteiger partial charge in [-0.1, -0.05) is 62.1 Å². The smallest absolute Gasteiger partial charge is 0.407 e. The highest BCUT2D eigenvalue weighted by atomic mass is 35.5. The quantitative estimate of drug-likeness (QED) is 0.0290. The third-order valence-electron chi connectivity index (χ3n) is 15.3. The van der Waals surface area contributed by atoms with Crippen LogP contribution in [-0.2, 0) is 37.9 Å². The number of halogens is 3. The summed E-state index contributed by atoms with van der Waals surface area (Å²) in [5.74, 6) is 1.12. The van der Waals surface area contributed by atoms with Gasteiger partial charge in [0.25, 0.3) is 0 Å². The van der Waals surface area contributed by atoms with E-state index < -0.39 is 22.9 Å². The maximum Gasteiger partial charge on any atom is 0.407 e. The van der Waals surface area contributed by atoms with E-state index in [-0.39, 0.29) is 69.7 Å². The van der Waals surface area contributed by atoms with Crippen molar-refractivity contribution in [1.29, 1.82) is 47.4 Å². The maximum absolute atomic E-state index is 13.1. The Kier molecular flexibility index (Phi) is 38.6. The molecule has 0 aromatic heterocycles. The molecule has 0 radical (unpaired) electrons. The van der Waals surface area contributed by atoms with Gasteiger partial charge in [0.05, 0.1) is 52.8 Å². The van der Waals surface area contributed by atoms with Crippen molar-refractivity contribution < 1.29 is 52.2 Å². The van der Waals surface area contributed by atoms with Crippen molar-refractivity contribution in [2.45, 2.75) is 110 Å². The molecule has 3 aliphatic rings. The molecular formula is C75H88Cl2FN13O10. The van der Waals surface area contributed by atoms with E-state index in [4.69, 9.17) is 93.0 Å². The zero-order chi connectivity index (χ0) is 74.8. The summed E-state index contributed by atoms with van der Waals surface area (Å²) in [5, 5.41) is 95.1. The number of ether oxygens (including phenoxy) is 8. The van der Waals surface area contributed by atoms with Gasteiger partial charge in [-0.3, -0.25) is 0 Å². The number of aliphatic hydroxyl groups is 1. The first-order valence-electron chi connectivity index (χ1n) is 32.7. The number of amides is 1. The largest absolute Gasteiger partial charge is 0.480 e. The number of nitrogens with zero attached hydrogens (tertiary/aromatic N) is 11. The number of hydrogen-bond acceptors (Lipinski definition) is 22. The summed E-state index contributed by atoms with van der Waals surface area (Å²) < 4.78 is 57.0. The van der Waals surface area contributed by atoms with Crippen molar-refractivity contribution >= 4 is 57.4 Å². The molecule has 0 bridgehead atoms. The maximum atomic E-state index is 13.1.